The predicted molar refractivity (Wildman–Crippen MR) is 77.5 cm³/mol. The number of carbonyl (C=O) groups excluding carboxylic acids is 1. The topological polar surface area (TPSA) is 58.4 Å². The van der Waals surface area contributed by atoms with E-state index >= 15 is 0 Å². The van der Waals surface area contributed by atoms with Crippen molar-refractivity contribution < 1.29 is 4.79 Å². The van der Waals surface area contributed by atoms with Crippen molar-refractivity contribution in [1.29, 1.82) is 0 Å². The largest absolute Gasteiger partial charge is 0.353 e. The van der Waals surface area contributed by atoms with Crippen LogP contribution in [-0.4, -0.2) is 43.5 Å². The molecule has 0 spiro atoms. The fraction of sp³-hybridized carbons (Fsp3) is 0.929. The molecular formula is C14H31N3O. The van der Waals surface area contributed by atoms with E-state index in [-0.39, 0.29) is 11.9 Å². The third kappa shape index (κ3) is 10.5. The Labute approximate surface area is 112 Å². The number of hydrogen-bond donors (Lipinski definition) is 2. The molecule has 0 saturated carbocycles. The van der Waals surface area contributed by atoms with Gasteiger partial charge in [-0.25, -0.2) is 0 Å². The maximum atomic E-state index is 11.7. The number of nitrogens with one attached hydrogen (secondary N) is 1. The van der Waals surface area contributed by atoms with Crippen LogP contribution in [0.25, 0.3) is 0 Å². The van der Waals surface area contributed by atoms with Crippen molar-refractivity contribution in [2.45, 2.75) is 52.5 Å². The minimum atomic E-state index is 0.117. The van der Waals surface area contributed by atoms with E-state index in [1.165, 1.54) is 12.8 Å². The first-order valence-corrected chi connectivity index (χ1v) is 7.13. The normalized spacial score (nSPS) is 13.1. The van der Waals surface area contributed by atoms with Crippen LogP contribution < -0.4 is 11.1 Å². The molecule has 1 amide bonds. The van der Waals surface area contributed by atoms with E-state index in [0.29, 0.717) is 13.1 Å². The Morgan fingerprint density at radius 3 is 2.44 bits per heavy atom. The maximum absolute atomic E-state index is 11.7. The fourth-order valence-electron chi connectivity index (χ4n) is 1.91. The molecule has 0 bridgehead atoms. The molecule has 0 heterocycles. The van der Waals surface area contributed by atoms with Crippen molar-refractivity contribution in [3.8, 4) is 0 Å². The molecule has 0 aromatic heterocycles. The summed E-state index contributed by atoms with van der Waals surface area (Å²) in [5, 5.41) is 3.05. The molecule has 0 aliphatic rings. The second-order valence-corrected chi connectivity index (χ2v) is 5.67. The average Bonchev–Trinajstić information content (AvgIpc) is 2.25. The number of nitrogens with zero attached hydrogens (tertiary/aromatic N) is 1. The molecule has 0 aromatic carbocycles. The van der Waals surface area contributed by atoms with Crippen LogP contribution in [-0.2, 0) is 4.79 Å². The number of rotatable bonds is 10. The molecule has 4 heteroatoms. The SMILES string of the molecule is CC(C)CCCC(C)NC(=O)CN(C)CCCN. The van der Waals surface area contributed by atoms with Gasteiger partial charge in [-0.1, -0.05) is 26.7 Å². The Hall–Kier alpha value is -0.610. The summed E-state index contributed by atoms with van der Waals surface area (Å²) < 4.78 is 0. The smallest absolute Gasteiger partial charge is 0.234 e. The van der Waals surface area contributed by atoms with Gasteiger partial charge in [0.1, 0.15) is 0 Å². The number of nitrogens with two attached hydrogens (primary N) is 1. The zero-order chi connectivity index (χ0) is 14.0. The zero-order valence-electron chi connectivity index (χ0n) is 12.5. The average molecular weight is 257 g/mol. The lowest BCUT2D eigenvalue weighted by Crippen LogP contribution is -2.40. The second-order valence-electron chi connectivity index (χ2n) is 5.67. The molecule has 0 aliphatic carbocycles. The van der Waals surface area contributed by atoms with Gasteiger partial charge in [0.15, 0.2) is 0 Å². The molecule has 0 aliphatic heterocycles. The van der Waals surface area contributed by atoms with Crippen LogP contribution in [0.4, 0.5) is 0 Å². The first-order chi connectivity index (χ1) is 8.45. The molecule has 18 heavy (non-hydrogen) atoms. The van der Waals surface area contributed by atoms with Crippen LogP contribution >= 0.6 is 0 Å². The van der Waals surface area contributed by atoms with E-state index in [1.807, 2.05) is 11.9 Å². The van der Waals surface area contributed by atoms with Gasteiger partial charge in [0.2, 0.25) is 5.91 Å². The second kappa shape index (κ2) is 10.3. The molecule has 0 aromatic rings. The van der Waals surface area contributed by atoms with E-state index in [0.717, 1.165) is 25.3 Å². The maximum Gasteiger partial charge on any atom is 0.234 e. The molecular weight excluding hydrogens is 226 g/mol. The number of likely N-dealkylation sites (N-methyl/N-ethyl adjacent to an activating group) is 1. The van der Waals surface area contributed by atoms with Gasteiger partial charge in [0, 0.05) is 6.04 Å². The molecule has 1 unspecified atom stereocenters. The third-order valence-corrected chi connectivity index (χ3v) is 2.98. The van der Waals surface area contributed by atoms with Crippen LogP contribution in [0.3, 0.4) is 0 Å². The van der Waals surface area contributed by atoms with Crippen LogP contribution in [0.15, 0.2) is 0 Å². The Morgan fingerprint density at radius 2 is 1.89 bits per heavy atom. The zero-order valence-corrected chi connectivity index (χ0v) is 12.5. The van der Waals surface area contributed by atoms with Crippen molar-refractivity contribution in [2.75, 3.05) is 26.7 Å². The number of carbonyl (C=O) groups is 1. The summed E-state index contributed by atoms with van der Waals surface area (Å²) in [6.45, 7) is 8.57. The van der Waals surface area contributed by atoms with Crippen molar-refractivity contribution >= 4 is 5.91 Å². The summed E-state index contributed by atoms with van der Waals surface area (Å²) in [7, 11) is 1.96. The summed E-state index contributed by atoms with van der Waals surface area (Å²) in [4.78, 5) is 13.8. The van der Waals surface area contributed by atoms with Crippen LogP contribution in [0.2, 0.25) is 0 Å². The van der Waals surface area contributed by atoms with Gasteiger partial charge in [-0.15, -0.1) is 0 Å². The minimum absolute atomic E-state index is 0.117. The number of hydrogen-bond acceptors (Lipinski definition) is 3. The first kappa shape index (κ1) is 17.4. The lowest BCUT2D eigenvalue weighted by molar-refractivity contribution is -0.122. The Bertz CT molecular complexity index is 219. The van der Waals surface area contributed by atoms with Gasteiger partial charge in [0.25, 0.3) is 0 Å². The molecule has 0 radical (unpaired) electrons. The summed E-state index contributed by atoms with van der Waals surface area (Å²) in [6.07, 6.45) is 4.42. The monoisotopic (exact) mass is 257 g/mol. The van der Waals surface area contributed by atoms with E-state index in [9.17, 15) is 4.79 Å². The van der Waals surface area contributed by atoms with Gasteiger partial charge < -0.3 is 11.1 Å². The van der Waals surface area contributed by atoms with Crippen molar-refractivity contribution in [1.82, 2.24) is 10.2 Å². The highest BCUT2D eigenvalue weighted by molar-refractivity contribution is 5.78. The summed E-state index contributed by atoms with van der Waals surface area (Å²) in [6, 6.07) is 0.277. The van der Waals surface area contributed by atoms with Crippen LogP contribution in [0.1, 0.15) is 46.5 Å². The standard InChI is InChI=1S/C14H31N3O/c1-12(2)7-5-8-13(3)16-14(18)11-17(4)10-6-9-15/h12-13H,5-11,15H2,1-4H3,(H,16,18). The summed E-state index contributed by atoms with van der Waals surface area (Å²) >= 11 is 0. The molecule has 0 fully saturated rings. The van der Waals surface area contributed by atoms with Gasteiger partial charge >= 0.3 is 0 Å². The first-order valence-electron chi connectivity index (χ1n) is 7.13. The Kier molecular flexibility index (Phi) is 9.98. The van der Waals surface area contributed by atoms with Crippen LogP contribution in [0.5, 0.6) is 0 Å². The predicted octanol–water partition coefficient (Wildman–Crippen LogP) is 1.60. The highest BCUT2D eigenvalue weighted by atomic mass is 16.2. The van der Waals surface area contributed by atoms with E-state index in [1.54, 1.807) is 0 Å². The highest BCUT2D eigenvalue weighted by Crippen LogP contribution is 2.08. The quantitative estimate of drug-likeness (QED) is 0.625. The lowest BCUT2D eigenvalue weighted by Gasteiger charge is -2.19. The van der Waals surface area contributed by atoms with Gasteiger partial charge in [-0.2, -0.15) is 0 Å². The van der Waals surface area contributed by atoms with Crippen molar-refractivity contribution in [3.05, 3.63) is 0 Å². The Morgan fingerprint density at radius 1 is 1.22 bits per heavy atom. The molecule has 1 atom stereocenters. The highest BCUT2D eigenvalue weighted by Gasteiger charge is 2.09. The molecule has 0 rings (SSSR count). The van der Waals surface area contributed by atoms with E-state index in [2.05, 4.69) is 26.1 Å². The summed E-state index contributed by atoms with van der Waals surface area (Å²) in [5.41, 5.74) is 5.44. The summed E-state index contributed by atoms with van der Waals surface area (Å²) in [5.74, 6) is 0.863. The Balaban J connectivity index is 3.66. The van der Waals surface area contributed by atoms with E-state index in [4.69, 9.17) is 5.73 Å². The molecule has 108 valence electrons. The fourth-order valence-corrected chi connectivity index (χ4v) is 1.91. The molecule has 0 saturated heterocycles. The van der Waals surface area contributed by atoms with Gasteiger partial charge in [0.05, 0.1) is 6.54 Å². The third-order valence-electron chi connectivity index (χ3n) is 2.98. The molecule has 4 nitrogen and oxygen atoms in total. The van der Waals surface area contributed by atoms with Crippen LogP contribution in [0, 0.1) is 5.92 Å². The minimum Gasteiger partial charge on any atom is -0.353 e. The van der Waals surface area contributed by atoms with Crippen molar-refractivity contribution in [3.63, 3.8) is 0 Å². The van der Waals surface area contributed by atoms with Gasteiger partial charge in [-0.05, 0) is 45.8 Å². The van der Waals surface area contributed by atoms with Crippen molar-refractivity contribution in [2.24, 2.45) is 11.7 Å². The number of amides is 1. The molecule has 3 N–H and O–H groups in total. The lowest BCUT2D eigenvalue weighted by atomic mass is 10.0. The van der Waals surface area contributed by atoms with E-state index < -0.39 is 0 Å². The van der Waals surface area contributed by atoms with Gasteiger partial charge in [-0.3, -0.25) is 9.69 Å².